The molecule has 7 nitrogen and oxygen atoms in total. The fraction of sp³-hybridized carbons (Fsp3) is 0.474. The van der Waals surface area contributed by atoms with Crippen LogP contribution in [0.25, 0.3) is 0 Å². The third-order valence-corrected chi connectivity index (χ3v) is 4.43. The second-order valence-corrected chi connectivity index (χ2v) is 7.56. The highest BCUT2D eigenvalue weighted by molar-refractivity contribution is 5.89. The van der Waals surface area contributed by atoms with Crippen LogP contribution in [0.4, 0.5) is 0 Å². The number of likely N-dealkylation sites (tertiary alicyclic amines) is 1. The molecule has 1 aliphatic heterocycles. The Morgan fingerprint density at radius 2 is 2.04 bits per heavy atom. The molecule has 1 saturated heterocycles. The molecular formula is C19H24N4O3. The Labute approximate surface area is 152 Å². The smallest absolute Gasteiger partial charge is 0.231 e. The third kappa shape index (κ3) is 4.28. The van der Waals surface area contributed by atoms with E-state index >= 15 is 0 Å². The molecule has 3 rings (SSSR count). The van der Waals surface area contributed by atoms with E-state index < -0.39 is 0 Å². The highest BCUT2D eigenvalue weighted by Gasteiger charge is 2.39. The van der Waals surface area contributed by atoms with E-state index in [0.29, 0.717) is 24.7 Å². The van der Waals surface area contributed by atoms with Crippen molar-refractivity contribution in [3.8, 4) is 0 Å². The summed E-state index contributed by atoms with van der Waals surface area (Å²) < 4.78 is 5.23. The van der Waals surface area contributed by atoms with E-state index in [9.17, 15) is 9.59 Å². The number of aromatic nitrogens is 2. The van der Waals surface area contributed by atoms with Crippen LogP contribution in [0.3, 0.4) is 0 Å². The minimum absolute atomic E-state index is 0.0161. The zero-order chi connectivity index (χ0) is 18.7. The minimum atomic E-state index is -0.336. The molecule has 2 aromatic rings. The molecule has 1 N–H and O–H groups in total. The summed E-state index contributed by atoms with van der Waals surface area (Å²) in [5.74, 6) is 0.468. The number of rotatable bonds is 5. The molecule has 26 heavy (non-hydrogen) atoms. The van der Waals surface area contributed by atoms with Gasteiger partial charge in [-0.1, -0.05) is 35.5 Å². The maximum absolute atomic E-state index is 12.4. The second kappa shape index (κ2) is 7.27. The topological polar surface area (TPSA) is 88.3 Å². The SMILES string of the molecule is CC(C)(C)N1CC(C(=O)NCc2noc(Cc3ccccc3)n2)CC1=O. The van der Waals surface area contributed by atoms with E-state index in [4.69, 9.17) is 4.52 Å². The van der Waals surface area contributed by atoms with Crippen LogP contribution in [0.1, 0.15) is 44.5 Å². The summed E-state index contributed by atoms with van der Waals surface area (Å²) in [6.45, 7) is 6.55. The zero-order valence-electron chi connectivity index (χ0n) is 15.4. The molecule has 0 radical (unpaired) electrons. The van der Waals surface area contributed by atoms with Gasteiger partial charge in [0.25, 0.3) is 0 Å². The highest BCUT2D eigenvalue weighted by atomic mass is 16.5. The van der Waals surface area contributed by atoms with Crippen LogP contribution >= 0.6 is 0 Å². The van der Waals surface area contributed by atoms with Crippen molar-refractivity contribution in [2.75, 3.05) is 6.54 Å². The van der Waals surface area contributed by atoms with Gasteiger partial charge >= 0.3 is 0 Å². The monoisotopic (exact) mass is 356 g/mol. The summed E-state index contributed by atoms with van der Waals surface area (Å²) in [7, 11) is 0. The number of benzene rings is 1. The average Bonchev–Trinajstić information content (AvgIpc) is 3.20. The Morgan fingerprint density at radius 1 is 1.31 bits per heavy atom. The van der Waals surface area contributed by atoms with Gasteiger partial charge in [-0.2, -0.15) is 4.98 Å². The molecule has 1 fully saturated rings. The molecule has 0 saturated carbocycles. The van der Waals surface area contributed by atoms with Gasteiger partial charge in [0.1, 0.15) is 0 Å². The predicted octanol–water partition coefficient (Wildman–Crippen LogP) is 1.92. The Balaban J connectivity index is 1.52. The number of nitrogens with one attached hydrogen (secondary N) is 1. The van der Waals surface area contributed by atoms with Crippen LogP contribution in [0.5, 0.6) is 0 Å². The molecule has 0 bridgehead atoms. The summed E-state index contributed by atoms with van der Waals surface area (Å²) in [4.78, 5) is 30.5. The largest absolute Gasteiger partial charge is 0.348 e. The second-order valence-electron chi connectivity index (χ2n) is 7.56. The van der Waals surface area contributed by atoms with Gasteiger partial charge in [-0.05, 0) is 26.3 Å². The number of hydrogen-bond donors (Lipinski definition) is 1. The molecule has 1 aliphatic rings. The molecule has 1 aromatic carbocycles. The quantitative estimate of drug-likeness (QED) is 0.884. The first kappa shape index (κ1) is 18.1. The number of amides is 2. The van der Waals surface area contributed by atoms with Gasteiger partial charge in [-0.15, -0.1) is 0 Å². The van der Waals surface area contributed by atoms with E-state index in [1.54, 1.807) is 4.90 Å². The van der Waals surface area contributed by atoms with Crippen LogP contribution < -0.4 is 5.32 Å². The standard InChI is InChI=1S/C19H24N4O3/c1-19(2,3)23-12-14(10-17(23)24)18(25)20-11-15-21-16(26-22-15)9-13-7-5-4-6-8-13/h4-8,14H,9-12H2,1-3H3,(H,20,25). The van der Waals surface area contributed by atoms with Crippen molar-refractivity contribution < 1.29 is 14.1 Å². The summed E-state index contributed by atoms with van der Waals surface area (Å²) in [6.07, 6.45) is 0.800. The lowest BCUT2D eigenvalue weighted by Crippen LogP contribution is -2.43. The summed E-state index contributed by atoms with van der Waals surface area (Å²) in [6, 6.07) is 9.84. The predicted molar refractivity (Wildman–Crippen MR) is 95.0 cm³/mol. The maximum atomic E-state index is 12.4. The van der Waals surface area contributed by atoms with Crippen molar-refractivity contribution in [3.05, 3.63) is 47.6 Å². The fourth-order valence-electron chi connectivity index (χ4n) is 3.05. The Morgan fingerprint density at radius 3 is 2.69 bits per heavy atom. The van der Waals surface area contributed by atoms with Crippen molar-refractivity contribution in [1.29, 1.82) is 0 Å². The van der Waals surface area contributed by atoms with Gasteiger partial charge in [0.15, 0.2) is 5.82 Å². The van der Waals surface area contributed by atoms with Gasteiger partial charge in [-0.3, -0.25) is 9.59 Å². The first-order chi connectivity index (χ1) is 12.3. The van der Waals surface area contributed by atoms with Gasteiger partial charge in [-0.25, -0.2) is 0 Å². The zero-order valence-corrected chi connectivity index (χ0v) is 15.4. The molecular weight excluding hydrogens is 332 g/mol. The van der Waals surface area contributed by atoms with Crippen LogP contribution in [-0.2, 0) is 22.6 Å². The molecule has 1 unspecified atom stereocenters. The molecule has 0 spiro atoms. The normalized spacial score (nSPS) is 17.6. The molecule has 0 aliphatic carbocycles. The molecule has 1 aromatic heterocycles. The van der Waals surface area contributed by atoms with E-state index in [1.165, 1.54) is 0 Å². The fourth-order valence-corrected chi connectivity index (χ4v) is 3.05. The molecule has 2 heterocycles. The van der Waals surface area contributed by atoms with Gasteiger partial charge < -0.3 is 14.7 Å². The summed E-state index contributed by atoms with van der Waals surface area (Å²) in [5, 5.41) is 6.71. The van der Waals surface area contributed by atoms with E-state index in [0.717, 1.165) is 5.56 Å². The lowest BCUT2D eigenvalue weighted by atomic mass is 10.1. The third-order valence-electron chi connectivity index (χ3n) is 4.43. The van der Waals surface area contributed by atoms with Crippen LogP contribution in [0.15, 0.2) is 34.9 Å². The number of carbonyl (C=O) groups excluding carboxylic acids is 2. The number of carbonyl (C=O) groups is 2. The Hall–Kier alpha value is -2.70. The lowest BCUT2D eigenvalue weighted by Gasteiger charge is -2.31. The van der Waals surface area contributed by atoms with Crippen LogP contribution in [0, 0.1) is 5.92 Å². The van der Waals surface area contributed by atoms with Crippen molar-refractivity contribution >= 4 is 11.8 Å². The van der Waals surface area contributed by atoms with Gasteiger partial charge in [0.05, 0.1) is 18.9 Å². The van der Waals surface area contributed by atoms with Crippen LogP contribution in [0.2, 0.25) is 0 Å². The van der Waals surface area contributed by atoms with Crippen molar-refractivity contribution in [2.24, 2.45) is 5.92 Å². The van der Waals surface area contributed by atoms with Gasteiger partial charge in [0, 0.05) is 18.5 Å². The number of nitrogens with zero attached hydrogens (tertiary/aromatic N) is 3. The van der Waals surface area contributed by atoms with E-state index in [2.05, 4.69) is 15.5 Å². The Bertz CT molecular complexity index is 780. The van der Waals surface area contributed by atoms with Crippen molar-refractivity contribution in [1.82, 2.24) is 20.4 Å². The van der Waals surface area contributed by atoms with Gasteiger partial charge in [0.2, 0.25) is 17.7 Å². The molecule has 2 amide bonds. The molecule has 7 heteroatoms. The van der Waals surface area contributed by atoms with Crippen molar-refractivity contribution in [2.45, 2.75) is 45.7 Å². The molecule has 138 valence electrons. The first-order valence-electron chi connectivity index (χ1n) is 8.76. The van der Waals surface area contributed by atoms with Crippen LogP contribution in [-0.4, -0.2) is 38.9 Å². The summed E-state index contributed by atoms with van der Waals surface area (Å²) >= 11 is 0. The van der Waals surface area contributed by atoms with Crippen molar-refractivity contribution in [3.63, 3.8) is 0 Å². The first-order valence-corrected chi connectivity index (χ1v) is 8.76. The summed E-state index contributed by atoms with van der Waals surface area (Å²) in [5.41, 5.74) is 0.810. The van der Waals surface area contributed by atoms with E-state index in [1.807, 2.05) is 51.1 Å². The highest BCUT2D eigenvalue weighted by Crippen LogP contribution is 2.25. The number of hydrogen-bond acceptors (Lipinski definition) is 5. The molecule has 1 atom stereocenters. The van der Waals surface area contributed by atoms with E-state index in [-0.39, 0.29) is 36.2 Å². The lowest BCUT2D eigenvalue weighted by molar-refractivity contribution is -0.132. The Kier molecular flexibility index (Phi) is 5.06. The minimum Gasteiger partial charge on any atom is -0.348 e. The maximum Gasteiger partial charge on any atom is 0.231 e. The average molecular weight is 356 g/mol.